The Labute approximate surface area is 198 Å². The zero-order valence-corrected chi connectivity index (χ0v) is 19.6. The Morgan fingerprint density at radius 1 is 1.06 bits per heavy atom. The molecule has 34 heavy (non-hydrogen) atoms. The molecule has 0 bridgehead atoms. The summed E-state index contributed by atoms with van der Waals surface area (Å²) < 4.78 is 18.2. The molecule has 8 nitrogen and oxygen atoms in total. The van der Waals surface area contributed by atoms with Gasteiger partial charge >= 0.3 is 5.69 Å². The first-order valence-corrected chi connectivity index (χ1v) is 11.8. The first-order chi connectivity index (χ1) is 16.7. The number of aromatic nitrogens is 3. The number of rotatable bonds is 8. The van der Waals surface area contributed by atoms with Crippen LogP contribution in [0, 0.1) is 0 Å². The number of fused-ring (bicyclic) bond motifs is 1. The third-order valence-electron chi connectivity index (χ3n) is 6.68. The van der Waals surface area contributed by atoms with Gasteiger partial charge in [-0.3, -0.25) is 4.57 Å². The number of nitrogens with one attached hydrogen (secondary N) is 1. The molecule has 2 aromatic heterocycles. The Bertz CT molecular complexity index is 1310. The minimum Gasteiger partial charge on any atom is -0.493 e. The molecule has 1 aliphatic rings. The van der Waals surface area contributed by atoms with Gasteiger partial charge in [0.1, 0.15) is 11.5 Å². The van der Waals surface area contributed by atoms with E-state index in [1.54, 1.807) is 14.2 Å². The monoisotopic (exact) mass is 462 g/mol. The molecule has 0 atom stereocenters. The van der Waals surface area contributed by atoms with Crippen molar-refractivity contribution in [3.8, 4) is 22.8 Å². The van der Waals surface area contributed by atoms with Crippen LogP contribution in [0.2, 0.25) is 0 Å². The van der Waals surface area contributed by atoms with E-state index in [1.165, 1.54) is 0 Å². The molecule has 8 heteroatoms. The quantitative estimate of drug-likeness (QED) is 0.421. The van der Waals surface area contributed by atoms with Crippen LogP contribution < -0.4 is 15.2 Å². The first-order valence-electron chi connectivity index (χ1n) is 11.8. The SMILES string of the molecule is COc1ccc(-c2cc(CCCN3CCC(n4c(=O)[nH]c5ccccc54)CC3)on2)cc1OC. The molecule has 1 aliphatic heterocycles. The van der Waals surface area contributed by atoms with Crippen LogP contribution in [0.4, 0.5) is 0 Å². The lowest BCUT2D eigenvalue weighted by Crippen LogP contribution is -2.37. The average Bonchev–Trinajstić information content (AvgIpc) is 3.48. The summed E-state index contributed by atoms with van der Waals surface area (Å²) in [5, 5.41) is 4.23. The van der Waals surface area contributed by atoms with E-state index >= 15 is 0 Å². The number of para-hydroxylation sites is 2. The van der Waals surface area contributed by atoms with Gasteiger partial charge in [0, 0.05) is 37.2 Å². The first kappa shape index (κ1) is 22.3. The van der Waals surface area contributed by atoms with E-state index in [-0.39, 0.29) is 11.7 Å². The maximum Gasteiger partial charge on any atom is 0.326 e. The number of ether oxygens (including phenoxy) is 2. The van der Waals surface area contributed by atoms with E-state index in [0.29, 0.717) is 11.5 Å². The van der Waals surface area contributed by atoms with Crippen LogP contribution in [0.3, 0.4) is 0 Å². The summed E-state index contributed by atoms with van der Waals surface area (Å²) in [6.45, 7) is 2.98. The van der Waals surface area contributed by atoms with E-state index in [0.717, 1.165) is 73.4 Å². The van der Waals surface area contributed by atoms with Gasteiger partial charge in [-0.25, -0.2) is 4.79 Å². The van der Waals surface area contributed by atoms with Crippen LogP contribution in [-0.4, -0.2) is 53.5 Å². The lowest BCUT2D eigenvalue weighted by molar-refractivity contribution is 0.184. The number of aromatic amines is 1. The third-order valence-corrected chi connectivity index (χ3v) is 6.68. The van der Waals surface area contributed by atoms with Crippen molar-refractivity contribution in [3.05, 3.63) is 64.8 Å². The van der Waals surface area contributed by atoms with E-state index < -0.39 is 0 Å². The van der Waals surface area contributed by atoms with Gasteiger partial charge < -0.3 is 23.9 Å². The minimum absolute atomic E-state index is 0.00439. The molecule has 2 aromatic carbocycles. The van der Waals surface area contributed by atoms with Crippen LogP contribution >= 0.6 is 0 Å². The number of H-pyrrole nitrogens is 1. The third kappa shape index (κ3) is 4.46. The van der Waals surface area contributed by atoms with Crippen molar-refractivity contribution in [2.24, 2.45) is 0 Å². The Hall–Kier alpha value is -3.52. The number of nitrogens with zero attached hydrogens (tertiary/aromatic N) is 3. The zero-order chi connectivity index (χ0) is 23.5. The Morgan fingerprint density at radius 3 is 2.65 bits per heavy atom. The second-order valence-corrected chi connectivity index (χ2v) is 8.74. The van der Waals surface area contributed by atoms with Crippen LogP contribution in [-0.2, 0) is 6.42 Å². The summed E-state index contributed by atoms with van der Waals surface area (Å²) >= 11 is 0. The van der Waals surface area contributed by atoms with Gasteiger partial charge in [-0.05, 0) is 56.1 Å². The number of benzene rings is 2. The second-order valence-electron chi connectivity index (χ2n) is 8.74. The smallest absolute Gasteiger partial charge is 0.326 e. The lowest BCUT2D eigenvalue weighted by atomic mass is 10.0. The standard InChI is InChI=1S/C26H30N4O4/c1-32-24-10-9-18(16-25(24)33-2)22-17-20(34-28-22)6-5-13-29-14-11-19(12-15-29)30-23-8-4-3-7-21(23)27-26(30)31/h3-4,7-10,16-17,19H,5-6,11-15H2,1-2H3,(H,27,31). The maximum absolute atomic E-state index is 12.5. The zero-order valence-electron chi connectivity index (χ0n) is 19.6. The Kier molecular flexibility index (Phi) is 6.40. The Balaban J connectivity index is 1.13. The van der Waals surface area contributed by atoms with E-state index in [4.69, 9.17) is 14.0 Å². The van der Waals surface area contributed by atoms with E-state index in [9.17, 15) is 4.79 Å². The fourth-order valence-corrected chi connectivity index (χ4v) is 4.88. The fourth-order valence-electron chi connectivity index (χ4n) is 4.88. The second kappa shape index (κ2) is 9.77. The van der Waals surface area contributed by atoms with Crippen LogP contribution in [0.1, 0.15) is 31.1 Å². The van der Waals surface area contributed by atoms with Gasteiger partial charge in [0.15, 0.2) is 11.5 Å². The molecule has 5 rings (SSSR count). The highest BCUT2D eigenvalue weighted by Crippen LogP contribution is 2.32. The molecule has 1 fully saturated rings. The summed E-state index contributed by atoms with van der Waals surface area (Å²) in [4.78, 5) is 17.9. The van der Waals surface area contributed by atoms with Crippen molar-refractivity contribution in [2.75, 3.05) is 33.9 Å². The van der Waals surface area contributed by atoms with Gasteiger partial charge in [0.25, 0.3) is 0 Å². The summed E-state index contributed by atoms with van der Waals surface area (Å²) in [5.74, 6) is 2.24. The highest BCUT2D eigenvalue weighted by molar-refractivity contribution is 5.75. The molecule has 0 aliphatic carbocycles. The molecule has 3 heterocycles. The van der Waals surface area contributed by atoms with Crippen LogP contribution in [0.5, 0.6) is 11.5 Å². The largest absolute Gasteiger partial charge is 0.493 e. The maximum atomic E-state index is 12.5. The van der Waals surface area contributed by atoms with Gasteiger partial charge in [-0.1, -0.05) is 17.3 Å². The van der Waals surface area contributed by atoms with Crippen molar-refractivity contribution in [3.63, 3.8) is 0 Å². The van der Waals surface area contributed by atoms with Crippen LogP contribution in [0.15, 0.2) is 57.8 Å². The molecule has 0 spiro atoms. The molecule has 1 N–H and O–H groups in total. The van der Waals surface area contributed by atoms with Gasteiger partial charge in [0.2, 0.25) is 0 Å². The van der Waals surface area contributed by atoms with Gasteiger partial charge in [0.05, 0.1) is 25.3 Å². The van der Waals surface area contributed by atoms with Crippen molar-refractivity contribution in [1.29, 1.82) is 0 Å². The van der Waals surface area contributed by atoms with Crippen molar-refractivity contribution in [2.45, 2.75) is 31.7 Å². The average molecular weight is 463 g/mol. The van der Waals surface area contributed by atoms with E-state index in [1.807, 2.05) is 53.1 Å². The lowest BCUT2D eigenvalue weighted by Gasteiger charge is -2.32. The fraction of sp³-hybridized carbons (Fsp3) is 0.385. The van der Waals surface area contributed by atoms with Crippen LogP contribution in [0.25, 0.3) is 22.3 Å². The summed E-state index contributed by atoms with van der Waals surface area (Å²) in [5.41, 5.74) is 3.63. The van der Waals surface area contributed by atoms with Crippen molar-refractivity contribution in [1.82, 2.24) is 19.6 Å². The molecule has 0 radical (unpaired) electrons. The van der Waals surface area contributed by atoms with Crippen molar-refractivity contribution < 1.29 is 14.0 Å². The number of imidazole rings is 1. The van der Waals surface area contributed by atoms with E-state index in [2.05, 4.69) is 15.0 Å². The number of likely N-dealkylation sites (tertiary alicyclic amines) is 1. The number of hydrogen-bond acceptors (Lipinski definition) is 6. The predicted octanol–water partition coefficient (Wildman–Crippen LogP) is 4.27. The molecule has 0 saturated carbocycles. The molecule has 1 saturated heterocycles. The number of aryl methyl sites for hydroxylation is 1. The van der Waals surface area contributed by atoms with Gasteiger partial charge in [-0.2, -0.15) is 0 Å². The number of hydrogen-bond donors (Lipinski definition) is 1. The molecule has 4 aromatic rings. The topological polar surface area (TPSA) is 85.5 Å². The molecule has 0 unspecified atom stereocenters. The number of piperidine rings is 1. The molecular formula is C26H30N4O4. The normalized spacial score (nSPS) is 15.1. The van der Waals surface area contributed by atoms with Crippen molar-refractivity contribution >= 4 is 11.0 Å². The predicted molar refractivity (Wildman–Crippen MR) is 131 cm³/mol. The molecule has 0 amide bonds. The molecule has 178 valence electrons. The summed E-state index contributed by atoms with van der Waals surface area (Å²) in [6.07, 6.45) is 3.79. The molecular weight excluding hydrogens is 432 g/mol. The Morgan fingerprint density at radius 2 is 1.85 bits per heavy atom. The van der Waals surface area contributed by atoms with Gasteiger partial charge in [-0.15, -0.1) is 0 Å². The highest BCUT2D eigenvalue weighted by atomic mass is 16.5. The minimum atomic E-state index is -0.00439. The summed E-state index contributed by atoms with van der Waals surface area (Å²) in [6, 6.07) is 15.9. The summed E-state index contributed by atoms with van der Waals surface area (Å²) in [7, 11) is 3.24. The highest BCUT2D eigenvalue weighted by Gasteiger charge is 2.23. The number of methoxy groups -OCH3 is 2.